The van der Waals surface area contributed by atoms with Crippen LogP contribution in [0.1, 0.15) is 52.9 Å². The van der Waals surface area contributed by atoms with E-state index in [-0.39, 0.29) is 0 Å². The van der Waals surface area contributed by atoms with E-state index >= 15 is 0 Å². The van der Waals surface area contributed by atoms with Gasteiger partial charge in [-0.25, -0.2) is 0 Å². The van der Waals surface area contributed by atoms with E-state index in [1.54, 1.807) is 0 Å². The zero-order chi connectivity index (χ0) is 10.7. The number of unbranched alkanes of at least 4 members (excludes halogenated alkanes) is 1. The Balaban J connectivity index is 2.58. The summed E-state index contributed by atoms with van der Waals surface area (Å²) in [5, 5.41) is 3.73. The fraction of sp³-hybridized carbons (Fsp3) is 0.846. The smallest absolute Gasteiger partial charge is 0.0230 e. The van der Waals surface area contributed by atoms with Gasteiger partial charge in [-0.15, -0.1) is 6.58 Å². The first kappa shape index (κ1) is 11.8. The zero-order valence-electron chi connectivity index (χ0n) is 10.0. The fourth-order valence-electron chi connectivity index (χ4n) is 2.58. The van der Waals surface area contributed by atoms with Gasteiger partial charge in [0.05, 0.1) is 0 Å². The zero-order valence-corrected chi connectivity index (χ0v) is 10.0. The molecule has 1 rings (SSSR count). The SMILES string of the molecule is C=CCCCC1(C(C)(C)C)CCCN1. The summed E-state index contributed by atoms with van der Waals surface area (Å²) in [4.78, 5) is 0. The number of hydrogen-bond acceptors (Lipinski definition) is 1. The Kier molecular flexibility index (Phi) is 3.77. The molecule has 1 heteroatoms. The Bertz CT molecular complexity index is 182. The van der Waals surface area contributed by atoms with E-state index in [1.165, 1.54) is 32.2 Å². The van der Waals surface area contributed by atoms with Crippen molar-refractivity contribution in [3.63, 3.8) is 0 Å². The standard InChI is InChI=1S/C13H25N/c1-5-6-7-9-13(12(2,3)4)10-8-11-14-13/h5,14H,1,6-11H2,2-4H3. The van der Waals surface area contributed by atoms with E-state index < -0.39 is 0 Å². The number of allylic oxidation sites excluding steroid dienone is 1. The predicted octanol–water partition coefficient (Wildman–Crippen LogP) is 3.51. The van der Waals surface area contributed by atoms with Crippen molar-refractivity contribution in [2.45, 2.75) is 58.4 Å². The van der Waals surface area contributed by atoms with Crippen molar-refractivity contribution in [3.8, 4) is 0 Å². The highest BCUT2D eigenvalue weighted by atomic mass is 15.0. The summed E-state index contributed by atoms with van der Waals surface area (Å²) in [6.07, 6.45) is 8.43. The van der Waals surface area contributed by atoms with Crippen LogP contribution in [-0.4, -0.2) is 12.1 Å². The van der Waals surface area contributed by atoms with Crippen LogP contribution in [-0.2, 0) is 0 Å². The van der Waals surface area contributed by atoms with Crippen molar-refractivity contribution < 1.29 is 0 Å². The van der Waals surface area contributed by atoms with Gasteiger partial charge in [-0.3, -0.25) is 0 Å². The van der Waals surface area contributed by atoms with E-state index in [9.17, 15) is 0 Å². The minimum Gasteiger partial charge on any atom is -0.311 e. The summed E-state index contributed by atoms with van der Waals surface area (Å²) in [5.74, 6) is 0. The highest BCUT2D eigenvalue weighted by Gasteiger charge is 2.42. The third-order valence-corrected chi connectivity index (χ3v) is 3.69. The molecule has 0 aliphatic carbocycles. The quantitative estimate of drug-likeness (QED) is 0.534. The fourth-order valence-corrected chi connectivity index (χ4v) is 2.58. The lowest BCUT2D eigenvalue weighted by Crippen LogP contribution is -2.50. The first-order chi connectivity index (χ1) is 6.52. The van der Waals surface area contributed by atoms with Crippen LogP contribution in [0, 0.1) is 5.41 Å². The summed E-state index contributed by atoms with van der Waals surface area (Å²) in [5.41, 5.74) is 0.765. The molecule has 0 aromatic heterocycles. The summed E-state index contributed by atoms with van der Waals surface area (Å²) < 4.78 is 0. The lowest BCUT2D eigenvalue weighted by atomic mass is 9.70. The second kappa shape index (κ2) is 4.48. The summed E-state index contributed by atoms with van der Waals surface area (Å²) >= 11 is 0. The maximum Gasteiger partial charge on any atom is 0.0230 e. The van der Waals surface area contributed by atoms with Crippen LogP contribution in [0.3, 0.4) is 0 Å². The molecule has 1 unspecified atom stereocenters. The molecule has 0 spiro atoms. The molecule has 1 atom stereocenters. The first-order valence-electron chi connectivity index (χ1n) is 5.88. The maximum absolute atomic E-state index is 3.79. The normalized spacial score (nSPS) is 27.9. The van der Waals surface area contributed by atoms with E-state index in [0.717, 1.165) is 6.42 Å². The van der Waals surface area contributed by atoms with Crippen molar-refractivity contribution >= 4 is 0 Å². The molecule has 0 bridgehead atoms. The summed E-state index contributed by atoms with van der Waals surface area (Å²) in [7, 11) is 0. The van der Waals surface area contributed by atoms with Gasteiger partial charge in [0.1, 0.15) is 0 Å². The van der Waals surface area contributed by atoms with E-state index in [2.05, 4.69) is 32.7 Å². The molecule has 1 heterocycles. The molecule has 82 valence electrons. The Labute approximate surface area is 89.0 Å². The molecule has 0 saturated carbocycles. The second-order valence-electron chi connectivity index (χ2n) is 5.54. The van der Waals surface area contributed by atoms with Gasteiger partial charge in [0.25, 0.3) is 0 Å². The van der Waals surface area contributed by atoms with Gasteiger partial charge >= 0.3 is 0 Å². The van der Waals surface area contributed by atoms with Crippen molar-refractivity contribution in [1.82, 2.24) is 5.32 Å². The van der Waals surface area contributed by atoms with Crippen LogP contribution in [0.2, 0.25) is 0 Å². The monoisotopic (exact) mass is 195 g/mol. The molecule has 1 N–H and O–H groups in total. The molecule has 0 aromatic rings. The molecule has 1 aliphatic heterocycles. The van der Waals surface area contributed by atoms with E-state index in [4.69, 9.17) is 0 Å². The average molecular weight is 195 g/mol. The lowest BCUT2D eigenvalue weighted by molar-refractivity contribution is 0.145. The number of nitrogens with one attached hydrogen (secondary N) is 1. The maximum atomic E-state index is 3.79. The number of hydrogen-bond donors (Lipinski definition) is 1. The van der Waals surface area contributed by atoms with E-state index in [0.29, 0.717) is 11.0 Å². The van der Waals surface area contributed by atoms with Gasteiger partial charge < -0.3 is 5.32 Å². The highest BCUT2D eigenvalue weighted by molar-refractivity contribution is 5.01. The van der Waals surface area contributed by atoms with Crippen LogP contribution in [0.4, 0.5) is 0 Å². The first-order valence-corrected chi connectivity index (χ1v) is 5.88. The Morgan fingerprint density at radius 3 is 2.57 bits per heavy atom. The molecule has 14 heavy (non-hydrogen) atoms. The molecule has 1 aliphatic rings. The molecule has 1 saturated heterocycles. The minimum absolute atomic E-state index is 0.380. The van der Waals surface area contributed by atoms with Gasteiger partial charge in [-0.1, -0.05) is 26.8 Å². The predicted molar refractivity (Wildman–Crippen MR) is 63.5 cm³/mol. The molecule has 1 fully saturated rings. The molecule has 0 amide bonds. The van der Waals surface area contributed by atoms with Gasteiger partial charge in [0.2, 0.25) is 0 Å². The average Bonchev–Trinajstić information content (AvgIpc) is 2.53. The Morgan fingerprint density at radius 2 is 2.14 bits per heavy atom. The third kappa shape index (κ3) is 2.38. The van der Waals surface area contributed by atoms with Gasteiger partial charge in [-0.2, -0.15) is 0 Å². The van der Waals surface area contributed by atoms with Crippen LogP contribution in [0.25, 0.3) is 0 Å². The van der Waals surface area contributed by atoms with Gasteiger partial charge in [0.15, 0.2) is 0 Å². The van der Waals surface area contributed by atoms with Crippen LogP contribution in [0.15, 0.2) is 12.7 Å². The van der Waals surface area contributed by atoms with Crippen LogP contribution < -0.4 is 5.32 Å². The van der Waals surface area contributed by atoms with Gasteiger partial charge in [-0.05, 0) is 44.1 Å². The second-order valence-corrected chi connectivity index (χ2v) is 5.54. The van der Waals surface area contributed by atoms with Gasteiger partial charge in [0, 0.05) is 5.54 Å². The van der Waals surface area contributed by atoms with Crippen molar-refractivity contribution in [2.75, 3.05) is 6.54 Å². The minimum atomic E-state index is 0.380. The molecular formula is C13H25N. The summed E-state index contributed by atoms with van der Waals surface area (Å²) in [6.45, 7) is 12.1. The van der Waals surface area contributed by atoms with Crippen molar-refractivity contribution in [1.29, 1.82) is 0 Å². The van der Waals surface area contributed by atoms with Crippen molar-refractivity contribution in [2.24, 2.45) is 5.41 Å². The Morgan fingerprint density at radius 1 is 1.43 bits per heavy atom. The highest BCUT2D eigenvalue weighted by Crippen LogP contribution is 2.40. The molecule has 0 radical (unpaired) electrons. The topological polar surface area (TPSA) is 12.0 Å². The molecular weight excluding hydrogens is 170 g/mol. The third-order valence-electron chi connectivity index (χ3n) is 3.69. The summed E-state index contributed by atoms with van der Waals surface area (Å²) in [6, 6.07) is 0. The Hall–Kier alpha value is -0.300. The van der Waals surface area contributed by atoms with Crippen molar-refractivity contribution in [3.05, 3.63) is 12.7 Å². The number of rotatable bonds is 4. The van der Waals surface area contributed by atoms with Crippen LogP contribution >= 0.6 is 0 Å². The van der Waals surface area contributed by atoms with E-state index in [1.807, 2.05) is 6.08 Å². The molecule has 0 aromatic carbocycles. The lowest BCUT2D eigenvalue weighted by Gasteiger charge is -2.42. The largest absolute Gasteiger partial charge is 0.311 e. The van der Waals surface area contributed by atoms with Crippen LogP contribution in [0.5, 0.6) is 0 Å². The molecule has 1 nitrogen and oxygen atoms in total.